The number of nitrogens with one attached hydrogen (secondary N) is 1. The van der Waals surface area contributed by atoms with E-state index in [4.69, 9.17) is 4.42 Å². The lowest BCUT2D eigenvalue weighted by atomic mass is 10.2. The number of furan rings is 1. The number of rotatable bonds is 5. The molecular formula is C22H15NO4S. The van der Waals surface area contributed by atoms with Crippen LogP contribution in [0.3, 0.4) is 0 Å². The molecule has 0 bridgehead atoms. The molecule has 138 valence electrons. The van der Waals surface area contributed by atoms with Crippen molar-refractivity contribution >= 4 is 39.4 Å². The number of hydrogen-bond donors (Lipinski definition) is 2. The summed E-state index contributed by atoms with van der Waals surface area (Å²) in [6.07, 6.45) is 1.31. The molecule has 2 aromatic carbocycles. The second-order valence-corrected chi connectivity index (χ2v) is 7.12. The zero-order chi connectivity index (χ0) is 19.5. The van der Waals surface area contributed by atoms with E-state index in [1.165, 1.54) is 17.4 Å². The average Bonchev–Trinajstić information content (AvgIpc) is 3.35. The zero-order valence-corrected chi connectivity index (χ0v) is 15.4. The molecule has 28 heavy (non-hydrogen) atoms. The first-order chi connectivity index (χ1) is 13.6. The first-order valence-electron chi connectivity index (χ1n) is 8.50. The monoisotopic (exact) mass is 389 g/mol. The Morgan fingerprint density at radius 3 is 2.46 bits per heavy atom. The molecule has 0 fully saturated rings. The van der Waals surface area contributed by atoms with E-state index in [1.807, 2.05) is 54.6 Å². The molecule has 0 atom stereocenters. The third-order valence-electron chi connectivity index (χ3n) is 4.10. The standard InChI is InChI=1S/C22H15NO4S/c24-21(20-12-15-8-4-5-9-19(15)28-20)23-17(22(25)26)13-16-10-11-18(27-16)14-6-2-1-3-7-14/h1-13H,(H,23,24)(H,25,26). The molecule has 0 saturated heterocycles. The summed E-state index contributed by atoms with van der Waals surface area (Å²) in [5.41, 5.74) is 0.629. The van der Waals surface area contributed by atoms with Crippen molar-refractivity contribution in [3.05, 3.63) is 89.1 Å². The van der Waals surface area contributed by atoms with Crippen LogP contribution in [0.1, 0.15) is 15.4 Å². The Labute approximate surface area is 164 Å². The Bertz CT molecular complexity index is 1150. The molecule has 0 spiro atoms. The van der Waals surface area contributed by atoms with E-state index in [0.29, 0.717) is 16.4 Å². The van der Waals surface area contributed by atoms with E-state index in [2.05, 4.69) is 5.32 Å². The van der Waals surface area contributed by atoms with Gasteiger partial charge in [-0.3, -0.25) is 4.79 Å². The predicted octanol–water partition coefficient (Wildman–Crippen LogP) is 5.02. The van der Waals surface area contributed by atoms with Crippen LogP contribution in [0.2, 0.25) is 0 Å². The number of fused-ring (bicyclic) bond motifs is 1. The number of thiophene rings is 1. The Balaban J connectivity index is 1.58. The van der Waals surface area contributed by atoms with Gasteiger partial charge >= 0.3 is 5.97 Å². The summed E-state index contributed by atoms with van der Waals surface area (Å²) in [5.74, 6) is -0.753. The van der Waals surface area contributed by atoms with Gasteiger partial charge in [0, 0.05) is 16.3 Å². The summed E-state index contributed by atoms with van der Waals surface area (Å²) in [4.78, 5) is 24.6. The molecule has 0 unspecified atom stereocenters. The van der Waals surface area contributed by atoms with E-state index < -0.39 is 11.9 Å². The quantitative estimate of drug-likeness (QED) is 0.470. The average molecular weight is 389 g/mol. The van der Waals surface area contributed by atoms with Crippen LogP contribution in [0.25, 0.3) is 27.5 Å². The van der Waals surface area contributed by atoms with E-state index in [-0.39, 0.29) is 5.70 Å². The van der Waals surface area contributed by atoms with Crippen LogP contribution in [0.15, 0.2) is 82.9 Å². The minimum Gasteiger partial charge on any atom is -0.477 e. The Morgan fingerprint density at radius 1 is 0.964 bits per heavy atom. The highest BCUT2D eigenvalue weighted by atomic mass is 32.1. The fraction of sp³-hybridized carbons (Fsp3) is 0. The van der Waals surface area contributed by atoms with Crippen LogP contribution in [-0.2, 0) is 4.79 Å². The fourth-order valence-corrected chi connectivity index (χ4v) is 3.72. The number of amides is 1. The lowest BCUT2D eigenvalue weighted by molar-refractivity contribution is -0.132. The van der Waals surface area contributed by atoms with Crippen LogP contribution in [-0.4, -0.2) is 17.0 Å². The van der Waals surface area contributed by atoms with Crippen LogP contribution >= 0.6 is 11.3 Å². The highest BCUT2D eigenvalue weighted by molar-refractivity contribution is 7.20. The molecule has 0 aliphatic carbocycles. The second-order valence-electron chi connectivity index (χ2n) is 6.03. The highest BCUT2D eigenvalue weighted by Gasteiger charge is 2.16. The first kappa shape index (κ1) is 17.8. The van der Waals surface area contributed by atoms with Crippen molar-refractivity contribution in [3.63, 3.8) is 0 Å². The first-order valence-corrected chi connectivity index (χ1v) is 9.32. The van der Waals surface area contributed by atoms with Gasteiger partial charge in [0.15, 0.2) is 0 Å². The van der Waals surface area contributed by atoms with Crippen LogP contribution in [0.5, 0.6) is 0 Å². The molecular weight excluding hydrogens is 374 g/mol. The number of hydrogen-bond acceptors (Lipinski definition) is 4. The summed E-state index contributed by atoms with van der Waals surface area (Å²) >= 11 is 1.31. The van der Waals surface area contributed by atoms with Crippen molar-refractivity contribution in [2.75, 3.05) is 0 Å². The van der Waals surface area contributed by atoms with E-state index in [9.17, 15) is 14.7 Å². The Kier molecular flexibility index (Phi) is 4.78. The van der Waals surface area contributed by atoms with Gasteiger partial charge in [-0.25, -0.2) is 4.79 Å². The topological polar surface area (TPSA) is 79.5 Å². The SMILES string of the molecule is O=C(O)C(=Cc1ccc(-c2ccccc2)o1)NC(=O)c1cc2ccccc2s1. The van der Waals surface area contributed by atoms with E-state index in [0.717, 1.165) is 15.6 Å². The summed E-state index contributed by atoms with van der Waals surface area (Å²) in [6.45, 7) is 0. The maximum Gasteiger partial charge on any atom is 0.352 e. The predicted molar refractivity (Wildman–Crippen MR) is 109 cm³/mol. The summed E-state index contributed by atoms with van der Waals surface area (Å²) < 4.78 is 6.66. The Morgan fingerprint density at radius 2 is 1.71 bits per heavy atom. The molecule has 0 saturated carbocycles. The molecule has 2 N–H and O–H groups in total. The van der Waals surface area contributed by atoms with Crippen LogP contribution in [0, 0.1) is 0 Å². The molecule has 4 rings (SSSR count). The normalized spacial score (nSPS) is 11.5. The third-order valence-corrected chi connectivity index (χ3v) is 5.21. The lowest BCUT2D eigenvalue weighted by Gasteiger charge is -2.03. The molecule has 2 aromatic heterocycles. The van der Waals surface area contributed by atoms with Crippen molar-refractivity contribution in [1.82, 2.24) is 5.32 Å². The molecule has 4 aromatic rings. The molecule has 0 aliphatic heterocycles. The molecule has 6 heteroatoms. The third kappa shape index (κ3) is 3.72. The van der Waals surface area contributed by atoms with Crippen molar-refractivity contribution in [2.24, 2.45) is 0 Å². The summed E-state index contributed by atoms with van der Waals surface area (Å²) in [6, 6.07) is 22.2. The van der Waals surface area contributed by atoms with Gasteiger partial charge in [0.25, 0.3) is 5.91 Å². The lowest BCUT2D eigenvalue weighted by Crippen LogP contribution is -2.26. The molecule has 2 heterocycles. The summed E-state index contributed by atoms with van der Waals surface area (Å²) in [7, 11) is 0. The Hall–Kier alpha value is -3.64. The van der Waals surface area contributed by atoms with Crippen molar-refractivity contribution in [3.8, 4) is 11.3 Å². The van der Waals surface area contributed by atoms with E-state index >= 15 is 0 Å². The van der Waals surface area contributed by atoms with Gasteiger partial charge in [-0.1, -0.05) is 48.5 Å². The molecule has 1 amide bonds. The second kappa shape index (κ2) is 7.54. The number of benzene rings is 2. The van der Waals surface area contributed by atoms with Gasteiger partial charge in [0.05, 0.1) is 4.88 Å². The number of carbonyl (C=O) groups is 2. The number of carboxylic acids is 1. The van der Waals surface area contributed by atoms with Gasteiger partial charge in [0.1, 0.15) is 17.2 Å². The largest absolute Gasteiger partial charge is 0.477 e. The summed E-state index contributed by atoms with van der Waals surface area (Å²) in [5, 5.41) is 12.9. The van der Waals surface area contributed by atoms with Gasteiger partial charge in [-0.05, 0) is 29.7 Å². The van der Waals surface area contributed by atoms with Crippen molar-refractivity contribution < 1.29 is 19.1 Å². The molecule has 5 nitrogen and oxygen atoms in total. The van der Waals surface area contributed by atoms with Gasteiger partial charge in [-0.15, -0.1) is 11.3 Å². The minimum atomic E-state index is -1.24. The van der Waals surface area contributed by atoms with E-state index in [1.54, 1.807) is 18.2 Å². The smallest absolute Gasteiger partial charge is 0.352 e. The number of carboxylic acid groups (broad SMARTS) is 1. The van der Waals surface area contributed by atoms with Gasteiger partial charge in [0.2, 0.25) is 0 Å². The van der Waals surface area contributed by atoms with Crippen molar-refractivity contribution in [1.29, 1.82) is 0 Å². The fourth-order valence-electron chi connectivity index (χ4n) is 2.76. The maximum absolute atomic E-state index is 12.5. The zero-order valence-electron chi connectivity index (χ0n) is 14.6. The number of aliphatic carboxylic acids is 1. The highest BCUT2D eigenvalue weighted by Crippen LogP contribution is 2.26. The van der Waals surface area contributed by atoms with Crippen LogP contribution < -0.4 is 5.32 Å². The van der Waals surface area contributed by atoms with Gasteiger partial charge < -0.3 is 14.8 Å². The van der Waals surface area contributed by atoms with Crippen molar-refractivity contribution in [2.45, 2.75) is 0 Å². The van der Waals surface area contributed by atoms with Crippen LogP contribution in [0.4, 0.5) is 0 Å². The number of carbonyl (C=O) groups excluding carboxylic acids is 1. The minimum absolute atomic E-state index is 0.253. The van der Waals surface area contributed by atoms with Gasteiger partial charge in [-0.2, -0.15) is 0 Å². The molecule has 0 aliphatic rings. The maximum atomic E-state index is 12.5. The molecule has 0 radical (unpaired) electrons.